The largest absolute Gasteiger partial charge is 0.522 e. The molecule has 1 amide bonds. The summed E-state index contributed by atoms with van der Waals surface area (Å²) < 4.78 is 54.4. The van der Waals surface area contributed by atoms with Crippen LogP contribution in [0.4, 0.5) is 23.2 Å². The monoisotopic (exact) mass is 390 g/mol. The second-order valence-electron chi connectivity index (χ2n) is 7.08. The molecule has 1 aliphatic heterocycles. The van der Waals surface area contributed by atoms with Crippen LogP contribution in [0.3, 0.4) is 0 Å². The van der Waals surface area contributed by atoms with Crippen LogP contribution in [0.2, 0.25) is 0 Å². The maximum absolute atomic E-state index is 14.4. The lowest BCUT2D eigenvalue weighted by atomic mass is 9.81. The number of ether oxygens (including phenoxy) is 1. The van der Waals surface area contributed by atoms with E-state index in [0.29, 0.717) is 37.2 Å². The number of carbonyl (C=O) groups is 1. The summed E-state index contributed by atoms with van der Waals surface area (Å²) in [6.07, 6.45) is -4.75. The number of nitrogens with zero attached hydrogens (tertiary/aromatic N) is 1. The molecule has 1 heterocycles. The third kappa shape index (κ3) is 5.32. The zero-order valence-electron chi connectivity index (χ0n) is 14.6. The smallest absolute Gasteiger partial charge is 0.393 e. The summed E-state index contributed by atoms with van der Waals surface area (Å²) in [5, 5.41) is 12.2. The first-order valence-electron chi connectivity index (χ1n) is 8.95. The van der Waals surface area contributed by atoms with E-state index in [1.54, 1.807) is 12.1 Å². The number of benzene rings is 1. The molecule has 5 nitrogen and oxygen atoms in total. The number of alkyl halides is 3. The van der Waals surface area contributed by atoms with Gasteiger partial charge in [0.15, 0.2) is 0 Å². The topological polar surface area (TPSA) is 61.8 Å². The fraction of sp³-hybridized carbons (Fsp3) is 0.611. The summed E-state index contributed by atoms with van der Waals surface area (Å²) in [5.74, 6) is -1.27. The number of amides is 1. The van der Waals surface area contributed by atoms with Gasteiger partial charge < -0.3 is 15.3 Å². The van der Waals surface area contributed by atoms with Gasteiger partial charge >= 0.3 is 6.36 Å². The molecule has 150 valence electrons. The van der Waals surface area contributed by atoms with Crippen LogP contribution in [0.1, 0.15) is 31.2 Å². The number of aliphatic hydroxyl groups excluding tert-OH is 1. The van der Waals surface area contributed by atoms with Crippen molar-refractivity contribution in [1.82, 2.24) is 5.32 Å². The SMILES string of the molecule is O=C(NCc1ccc(N2CCC(O)CC2)c(F)c1)C1CC(OC(F)(F)F)C1. The van der Waals surface area contributed by atoms with Crippen molar-refractivity contribution >= 4 is 11.6 Å². The second-order valence-corrected chi connectivity index (χ2v) is 7.08. The van der Waals surface area contributed by atoms with E-state index in [1.807, 2.05) is 4.90 Å². The molecule has 0 bridgehead atoms. The van der Waals surface area contributed by atoms with Gasteiger partial charge in [-0.1, -0.05) is 6.07 Å². The number of rotatable bonds is 5. The number of piperidine rings is 1. The number of hydrogen-bond acceptors (Lipinski definition) is 4. The van der Waals surface area contributed by atoms with Gasteiger partial charge in [0.25, 0.3) is 0 Å². The van der Waals surface area contributed by atoms with E-state index in [1.165, 1.54) is 6.07 Å². The van der Waals surface area contributed by atoms with Gasteiger partial charge in [0, 0.05) is 25.6 Å². The number of anilines is 1. The molecule has 1 aromatic carbocycles. The van der Waals surface area contributed by atoms with Crippen molar-refractivity contribution in [2.24, 2.45) is 5.92 Å². The van der Waals surface area contributed by atoms with Crippen LogP contribution in [-0.2, 0) is 16.1 Å². The summed E-state index contributed by atoms with van der Waals surface area (Å²) in [5.41, 5.74) is 1.03. The number of carbonyl (C=O) groups excluding carboxylic acids is 1. The van der Waals surface area contributed by atoms with E-state index in [0.717, 1.165) is 0 Å². The Kier molecular flexibility index (Phi) is 5.90. The van der Waals surface area contributed by atoms with Gasteiger partial charge in [0.05, 0.1) is 17.9 Å². The second kappa shape index (κ2) is 8.02. The minimum atomic E-state index is -4.68. The quantitative estimate of drug-likeness (QED) is 0.759. The standard InChI is InChI=1S/C18H22F4N2O3/c19-15-7-11(1-2-16(15)24-5-3-13(25)4-6-24)10-23-17(26)12-8-14(9-12)27-18(20,21)22/h1-2,7,12-14,25H,3-6,8-10H2,(H,23,26). The van der Waals surface area contributed by atoms with Crippen molar-refractivity contribution < 1.29 is 32.2 Å². The van der Waals surface area contributed by atoms with Crippen LogP contribution in [0, 0.1) is 11.7 Å². The Morgan fingerprint density at radius 3 is 2.52 bits per heavy atom. The van der Waals surface area contributed by atoms with Gasteiger partial charge in [-0.25, -0.2) is 4.39 Å². The lowest BCUT2D eigenvalue weighted by molar-refractivity contribution is -0.353. The fourth-order valence-corrected chi connectivity index (χ4v) is 3.42. The molecule has 2 fully saturated rings. The first-order chi connectivity index (χ1) is 12.7. The number of hydrogen-bond donors (Lipinski definition) is 2. The van der Waals surface area contributed by atoms with E-state index < -0.39 is 24.2 Å². The van der Waals surface area contributed by atoms with Crippen LogP contribution >= 0.6 is 0 Å². The van der Waals surface area contributed by atoms with Crippen molar-refractivity contribution in [3.8, 4) is 0 Å². The van der Waals surface area contributed by atoms with E-state index in [-0.39, 0.29) is 31.4 Å². The number of nitrogens with one attached hydrogen (secondary N) is 1. The Morgan fingerprint density at radius 1 is 1.26 bits per heavy atom. The van der Waals surface area contributed by atoms with E-state index in [9.17, 15) is 27.5 Å². The maximum Gasteiger partial charge on any atom is 0.522 e. The zero-order chi connectivity index (χ0) is 19.6. The third-order valence-electron chi connectivity index (χ3n) is 5.05. The van der Waals surface area contributed by atoms with Gasteiger partial charge in [0.1, 0.15) is 5.82 Å². The molecule has 1 saturated carbocycles. The molecule has 1 saturated heterocycles. The van der Waals surface area contributed by atoms with Crippen molar-refractivity contribution in [3.05, 3.63) is 29.6 Å². The summed E-state index contributed by atoms with van der Waals surface area (Å²) in [6, 6.07) is 4.70. The minimum Gasteiger partial charge on any atom is -0.393 e. The van der Waals surface area contributed by atoms with Crippen LogP contribution in [0.25, 0.3) is 0 Å². The highest BCUT2D eigenvalue weighted by molar-refractivity contribution is 5.79. The predicted octanol–water partition coefficient (Wildman–Crippen LogP) is 2.72. The van der Waals surface area contributed by atoms with Crippen molar-refractivity contribution in [2.75, 3.05) is 18.0 Å². The minimum absolute atomic E-state index is 0.0272. The molecule has 0 spiro atoms. The molecule has 27 heavy (non-hydrogen) atoms. The highest BCUT2D eigenvalue weighted by atomic mass is 19.4. The average Bonchev–Trinajstić information content (AvgIpc) is 2.56. The molecule has 1 aliphatic carbocycles. The Hall–Kier alpha value is -1.87. The summed E-state index contributed by atoms with van der Waals surface area (Å²) >= 11 is 0. The number of halogens is 4. The molecule has 2 aliphatic rings. The van der Waals surface area contributed by atoms with Crippen molar-refractivity contribution in [1.29, 1.82) is 0 Å². The first kappa shape index (κ1) is 19.9. The first-order valence-corrected chi connectivity index (χ1v) is 8.95. The van der Waals surface area contributed by atoms with Crippen molar-refractivity contribution in [3.63, 3.8) is 0 Å². The van der Waals surface area contributed by atoms with Gasteiger partial charge in [-0.05, 0) is 43.4 Å². The van der Waals surface area contributed by atoms with Crippen LogP contribution in [0.5, 0.6) is 0 Å². The predicted molar refractivity (Wildman–Crippen MR) is 89.4 cm³/mol. The summed E-state index contributed by atoms with van der Waals surface area (Å²) in [6.45, 7) is 1.27. The molecule has 0 radical (unpaired) electrons. The van der Waals surface area contributed by atoms with E-state index >= 15 is 0 Å². The van der Waals surface area contributed by atoms with Gasteiger partial charge in [-0.2, -0.15) is 0 Å². The highest BCUT2D eigenvalue weighted by Gasteiger charge is 2.42. The van der Waals surface area contributed by atoms with Gasteiger partial charge in [-0.3, -0.25) is 9.53 Å². The zero-order valence-corrected chi connectivity index (χ0v) is 14.6. The Morgan fingerprint density at radius 2 is 1.93 bits per heavy atom. The molecule has 0 unspecified atom stereocenters. The van der Waals surface area contributed by atoms with Crippen LogP contribution in [0.15, 0.2) is 18.2 Å². The van der Waals surface area contributed by atoms with Crippen LogP contribution < -0.4 is 10.2 Å². The van der Waals surface area contributed by atoms with Gasteiger partial charge in [0.2, 0.25) is 5.91 Å². The van der Waals surface area contributed by atoms with Crippen LogP contribution in [-0.4, -0.2) is 42.7 Å². The maximum atomic E-state index is 14.4. The molecular weight excluding hydrogens is 368 g/mol. The lowest BCUT2D eigenvalue weighted by Gasteiger charge is -2.34. The molecule has 0 aromatic heterocycles. The summed E-state index contributed by atoms with van der Waals surface area (Å²) in [7, 11) is 0. The van der Waals surface area contributed by atoms with E-state index in [2.05, 4.69) is 10.1 Å². The summed E-state index contributed by atoms with van der Waals surface area (Å²) in [4.78, 5) is 13.8. The third-order valence-corrected chi connectivity index (χ3v) is 5.05. The van der Waals surface area contributed by atoms with Gasteiger partial charge in [-0.15, -0.1) is 13.2 Å². The molecule has 1 aromatic rings. The van der Waals surface area contributed by atoms with E-state index in [4.69, 9.17) is 0 Å². The number of aliphatic hydroxyl groups is 1. The molecular formula is C18H22F4N2O3. The molecule has 0 atom stereocenters. The molecule has 9 heteroatoms. The molecule has 3 rings (SSSR count). The highest BCUT2D eigenvalue weighted by Crippen LogP contribution is 2.34. The molecule has 2 N–H and O–H groups in total. The normalized spacial score (nSPS) is 23.8. The fourth-order valence-electron chi connectivity index (χ4n) is 3.42. The Bertz CT molecular complexity index is 669. The van der Waals surface area contributed by atoms with Crippen molar-refractivity contribution in [2.45, 2.75) is 50.8 Å². The Labute approximate surface area is 154 Å². The average molecular weight is 390 g/mol. The lowest BCUT2D eigenvalue weighted by Crippen LogP contribution is -2.43. The Balaban J connectivity index is 1.46.